The third-order valence-electron chi connectivity index (χ3n) is 3.67. The number of aliphatic hydroxyl groups is 1. The van der Waals surface area contributed by atoms with E-state index in [0.29, 0.717) is 6.54 Å². The molecule has 0 radical (unpaired) electrons. The zero-order valence-electron chi connectivity index (χ0n) is 11.6. The molecule has 1 aliphatic carbocycles. The summed E-state index contributed by atoms with van der Waals surface area (Å²) >= 11 is 1.66. The molecule has 1 aromatic heterocycles. The number of fused-ring (bicyclic) bond motifs is 1. The highest BCUT2D eigenvalue weighted by Gasteiger charge is 2.20. The number of carbonyl (C=O) groups is 1. The maximum atomic E-state index is 12.0. The van der Waals surface area contributed by atoms with Crippen LogP contribution in [-0.2, 0) is 12.8 Å². The lowest BCUT2D eigenvalue weighted by atomic mass is 9.90. The highest BCUT2D eigenvalue weighted by molar-refractivity contribution is 7.14. The molecule has 19 heavy (non-hydrogen) atoms. The summed E-state index contributed by atoms with van der Waals surface area (Å²) in [7, 11) is 0. The fourth-order valence-corrected chi connectivity index (χ4v) is 3.65. The molecule has 0 fully saturated rings. The number of aryl methyl sites for hydroxylation is 1. The molecule has 0 bridgehead atoms. The fourth-order valence-electron chi connectivity index (χ4n) is 2.52. The van der Waals surface area contributed by atoms with Crippen LogP contribution in [-0.4, -0.2) is 24.2 Å². The molecule has 1 amide bonds. The van der Waals surface area contributed by atoms with E-state index in [2.05, 4.69) is 18.3 Å². The first-order valence-electron chi connectivity index (χ1n) is 7.21. The van der Waals surface area contributed by atoms with Crippen molar-refractivity contribution in [3.8, 4) is 0 Å². The van der Waals surface area contributed by atoms with E-state index >= 15 is 0 Å². The number of carbonyl (C=O) groups excluding carboxylic acids is 1. The molecule has 0 aliphatic heterocycles. The van der Waals surface area contributed by atoms with E-state index in [-0.39, 0.29) is 12.5 Å². The van der Waals surface area contributed by atoms with Crippen molar-refractivity contribution in [1.29, 1.82) is 0 Å². The van der Waals surface area contributed by atoms with Crippen molar-refractivity contribution in [2.24, 2.45) is 5.92 Å². The number of hydrogen-bond donors (Lipinski definition) is 2. The number of aliphatic hydroxyl groups excluding tert-OH is 1. The summed E-state index contributed by atoms with van der Waals surface area (Å²) < 4.78 is 0. The summed E-state index contributed by atoms with van der Waals surface area (Å²) in [6.45, 7) is 3.23. The SMILES string of the molecule is CC1CCc2sc(C(=O)NCCCCCO)cc2C1. The Kier molecular flexibility index (Phi) is 5.40. The predicted octanol–water partition coefficient (Wildman–Crippen LogP) is 2.77. The van der Waals surface area contributed by atoms with E-state index in [1.165, 1.54) is 16.9 Å². The number of thiophene rings is 1. The van der Waals surface area contributed by atoms with Gasteiger partial charge in [0.2, 0.25) is 0 Å². The Balaban J connectivity index is 1.83. The van der Waals surface area contributed by atoms with Gasteiger partial charge in [0.15, 0.2) is 0 Å². The molecule has 1 aliphatic rings. The molecule has 0 spiro atoms. The summed E-state index contributed by atoms with van der Waals surface area (Å²) in [6, 6.07) is 2.08. The van der Waals surface area contributed by atoms with Crippen LogP contribution >= 0.6 is 11.3 Å². The van der Waals surface area contributed by atoms with Crippen molar-refractivity contribution >= 4 is 17.2 Å². The summed E-state index contributed by atoms with van der Waals surface area (Å²) in [5, 5.41) is 11.7. The summed E-state index contributed by atoms with van der Waals surface area (Å²) in [6.07, 6.45) is 6.22. The minimum absolute atomic E-state index is 0.0658. The molecule has 1 heterocycles. The lowest BCUT2D eigenvalue weighted by molar-refractivity contribution is 0.0957. The van der Waals surface area contributed by atoms with Crippen LogP contribution in [0.3, 0.4) is 0 Å². The monoisotopic (exact) mass is 281 g/mol. The Labute approximate surface area is 119 Å². The molecule has 3 nitrogen and oxygen atoms in total. The molecule has 0 aromatic carbocycles. The van der Waals surface area contributed by atoms with Crippen LogP contribution in [0.15, 0.2) is 6.07 Å². The van der Waals surface area contributed by atoms with Gasteiger partial charge < -0.3 is 10.4 Å². The first-order valence-corrected chi connectivity index (χ1v) is 8.03. The van der Waals surface area contributed by atoms with Crippen molar-refractivity contribution < 1.29 is 9.90 Å². The quantitative estimate of drug-likeness (QED) is 0.788. The zero-order valence-corrected chi connectivity index (χ0v) is 12.4. The van der Waals surface area contributed by atoms with Gasteiger partial charge >= 0.3 is 0 Å². The van der Waals surface area contributed by atoms with Gasteiger partial charge in [-0.1, -0.05) is 6.92 Å². The molecule has 1 atom stereocenters. The molecular formula is C15H23NO2S. The normalized spacial score (nSPS) is 18.1. The Hall–Kier alpha value is -0.870. The minimum atomic E-state index is 0.0658. The van der Waals surface area contributed by atoms with E-state index in [1.807, 2.05) is 0 Å². The van der Waals surface area contributed by atoms with Gasteiger partial charge in [-0.2, -0.15) is 0 Å². The van der Waals surface area contributed by atoms with Gasteiger partial charge in [0.25, 0.3) is 5.91 Å². The predicted molar refractivity (Wildman–Crippen MR) is 78.8 cm³/mol. The smallest absolute Gasteiger partial charge is 0.261 e. The zero-order chi connectivity index (χ0) is 13.7. The third-order valence-corrected chi connectivity index (χ3v) is 4.91. The van der Waals surface area contributed by atoms with Crippen LogP contribution in [0.25, 0.3) is 0 Å². The first-order chi connectivity index (χ1) is 9.20. The Morgan fingerprint density at radius 1 is 1.47 bits per heavy atom. The Bertz CT molecular complexity index is 428. The lowest BCUT2D eigenvalue weighted by Gasteiger charge is -2.16. The van der Waals surface area contributed by atoms with E-state index < -0.39 is 0 Å². The summed E-state index contributed by atoms with van der Waals surface area (Å²) in [4.78, 5) is 14.3. The van der Waals surface area contributed by atoms with Crippen molar-refractivity contribution in [2.75, 3.05) is 13.2 Å². The van der Waals surface area contributed by atoms with Gasteiger partial charge in [-0.15, -0.1) is 11.3 Å². The van der Waals surface area contributed by atoms with Crippen LogP contribution in [0, 0.1) is 5.92 Å². The number of amides is 1. The largest absolute Gasteiger partial charge is 0.396 e. The van der Waals surface area contributed by atoms with E-state index in [1.54, 1.807) is 11.3 Å². The molecule has 2 rings (SSSR count). The van der Waals surface area contributed by atoms with E-state index in [4.69, 9.17) is 5.11 Å². The number of rotatable bonds is 6. The van der Waals surface area contributed by atoms with Gasteiger partial charge in [0.05, 0.1) is 4.88 Å². The van der Waals surface area contributed by atoms with Crippen LogP contribution < -0.4 is 5.32 Å². The van der Waals surface area contributed by atoms with Crippen LogP contribution in [0.2, 0.25) is 0 Å². The van der Waals surface area contributed by atoms with E-state index in [9.17, 15) is 4.79 Å². The van der Waals surface area contributed by atoms with Crippen molar-refractivity contribution in [2.45, 2.75) is 45.4 Å². The lowest BCUT2D eigenvalue weighted by Crippen LogP contribution is -2.23. The van der Waals surface area contributed by atoms with Gasteiger partial charge in [-0.3, -0.25) is 4.79 Å². The average molecular weight is 281 g/mol. The standard InChI is InChI=1S/C15H23NO2S/c1-11-5-6-13-12(9-11)10-14(19-13)15(18)16-7-3-2-4-8-17/h10-11,17H,2-9H2,1H3,(H,16,18). The van der Waals surface area contributed by atoms with Gasteiger partial charge in [-0.05, 0) is 56.1 Å². The van der Waals surface area contributed by atoms with Crippen LogP contribution in [0.1, 0.15) is 52.7 Å². The van der Waals surface area contributed by atoms with Gasteiger partial charge in [-0.25, -0.2) is 0 Å². The Morgan fingerprint density at radius 2 is 2.32 bits per heavy atom. The highest BCUT2D eigenvalue weighted by Crippen LogP contribution is 2.32. The first kappa shape index (κ1) is 14.5. The van der Waals surface area contributed by atoms with Crippen molar-refractivity contribution in [1.82, 2.24) is 5.32 Å². The second-order valence-electron chi connectivity index (χ2n) is 5.45. The molecule has 0 saturated heterocycles. The second-order valence-corrected chi connectivity index (χ2v) is 6.58. The minimum Gasteiger partial charge on any atom is -0.396 e. The molecular weight excluding hydrogens is 258 g/mol. The number of hydrogen-bond acceptors (Lipinski definition) is 3. The summed E-state index contributed by atoms with van der Waals surface area (Å²) in [5.41, 5.74) is 1.38. The van der Waals surface area contributed by atoms with Crippen LogP contribution in [0.4, 0.5) is 0 Å². The summed E-state index contributed by atoms with van der Waals surface area (Å²) in [5.74, 6) is 0.813. The maximum absolute atomic E-state index is 12.0. The number of nitrogens with one attached hydrogen (secondary N) is 1. The molecule has 2 N–H and O–H groups in total. The Morgan fingerprint density at radius 3 is 3.11 bits per heavy atom. The molecule has 1 unspecified atom stereocenters. The second kappa shape index (κ2) is 7.06. The highest BCUT2D eigenvalue weighted by atomic mass is 32.1. The molecule has 106 valence electrons. The van der Waals surface area contributed by atoms with Crippen molar-refractivity contribution in [3.05, 3.63) is 21.4 Å². The van der Waals surface area contributed by atoms with Gasteiger partial charge in [0, 0.05) is 18.0 Å². The number of unbranched alkanes of at least 4 members (excludes halogenated alkanes) is 2. The molecule has 1 aromatic rings. The molecule has 0 saturated carbocycles. The van der Waals surface area contributed by atoms with E-state index in [0.717, 1.165) is 42.9 Å². The maximum Gasteiger partial charge on any atom is 0.261 e. The van der Waals surface area contributed by atoms with Crippen LogP contribution in [0.5, 0.6) is 0 Å². The average Bonchev–Trinajstić information content (AvgIpc) is 2.81. The topological polar surface area (TPSA) is 49.3 Å². The van der Waals surface area contributed by atoms with Crippen molar-refractivity contribution in [3.63, 3.8) is 0 Å². The molecule has 4 heteroatoms. The fraction of sp³-hybridized carbons (Fsp3) is 0.667. The van der Waals surface area contributed by atoms with Gasteiger partial charge in [0.1, 0.15) is 0 Å². The third kappa shape index (κ3) is 4.05.